The number of aromatic nitrogens is 3. The summed E-state index contributed by atoms with van der Waals surface area (Å²) in [6.07, 6.45) is 11.8. The van der Waals surface area contributed by atoms with Crippen molar-refractivity contribution in [1.82, 2.24) is 19.9 Å². The van der Waals surface area contributed by atoms with Crippen LogP contribution in [-0.4, -0.2) is 57.7 Å². The zero-order chi connectivity index (χ0) is 26.0. The molecule has 1 N–H and O–H groups in total. The van der Waals surface area contributed by atoms with Crippen molar-refractivity contribution < 1.29 is 19.0 Å². The van der Waals surface area contributed by atoms with E-state index in [1.807, 2.05) is 24.4 Å². The molecule has 1 aliphatic rings. The number of benzene rings is 1. The highest BCUT2D eigenvalue weighted by molar-refractivity contribution is 5.83. The number of rotatable bonds is 13. The molecule has 1 fully saturated rings. The van der Waals surface area contributed by atoms with Gasteiger partial charge in [0.2, 0.25) is 0 Å². The van der Waals surface area contributed by atoms with Gasteiger partial charge in [0.1, 0.15) is 11.9 Å². The van der Waals surface area contributed by atoms with Gasteiger partial charge in [0.15, 0.2) is 0 Å². The number of fused-ring (bicyclic) bond motifs is 1. The van der Waals surface area contributed by atoms with Crippen LogP contribution in [-0.2, 0) is 11.2 Å². The van der Waals surface area contributed by atoms with Gasteiger partial charge < -0.3 is 14.7 Å². The van der Waals surface area contributed by atoms with Gasteiger partial charge in [0.05, 0.1) is 18.3 Å². The number of hydrogen-bond donors (Lipinski definition) is 1. The lowest BCUT2D eigenvalue weighted by molar-refractivity contribution is -0.137. The first-order valence-corrected chi connectivity index (χ1v) is 13.3. The zero-order valence-electron chi connectivity index (χ0n) is 21.6. The fourth-order valence-electron chi connectivity index (χ4n) is 5.54. The third-order valence-corrected chi connectivity index (χ3v) is 7.59. The second kappa shape index (κ2) is 13.4. The molecule has 4 rings (SSSR count). The Hall–Kier alpha value is -3.13. The van der Waals surface area contributed by atoms with E-state index in [4.69, 9.17) is 4.74 Å². The highest BCUT2D eigenvalue weighted by Gasteiger charge is 2.30. The van der Waals surface area contributed by atoms with E-state index in [-0.39, 0.29) is 12.3 Å². The van der Waals surface area contributed by atoms with Crippen molar-refractivity contribution >= 4 is 16.9 Å². The van der Waals surface area contributed by atoms with Crippen molar-refractivity contribution in [3.8, 4) is 5.75 Å². The van der Waals surface area contributed by atoms with Crippen LogP contribution >= 0.6 is 0 Å². The molecular formula is C29H37FN4O3. The van der Waals surface area contributed by atoms with Gasteiger partial charge in [0.25, 0.3) is 0 Å². The van der Waals surface area contributed by atoms with Crippen LogP contribution in [0.3, 0.4) is 0 Å². The number of carbonyl (C=O) groups is 1. The van der Waals surface area contributed by atoms with E-state index in [1.54, 1.807) is 31.8 Å². The van der Waals surface area contributed by atoms with E-state index in [1.165, 1.54) is 0 Å². The van der Waals surface area contributed by atoms with Gasteiger partial charge in [-0.15, -0.1) is 0 Å². The maximum Gasteiger partial charge on any atom is 0.303 e. The Bertz CT molecular complexity index is 1150. The maximum absolute atomic E-state index is 15.5. The summed E-state index contributed by atoms with van der Waals surface area (Å²) >= 11 is 0. The normalized spacial score (nSPS) is 19.1. The van der Waals surface area contributed by atoms with Crippen molar-refractivity contribution in [3.05, 3.63) is 60.3 Å². The Morgan fingerprint density at radius 1 is 1.16 bits per heavy atom. The fraction of sp³-hybridized carbons (Fsp3) is 0.517. The number of carboxylic acids is 1. The Balaban J connectivity index is 1.32. The van der Waals surface area contributed by atoms with Crippen LogP contribution in [0.1, 0.15) is 62.4 Å². The van der Waals surface area contributed by atoms with Crippen molar-refractivity contribution in [2.45, 2.75) is 57.5 Å². The van der Waals surface area contributed by atoms with Crippen LogP contribution in [0.25, 0.3) is 10.9 Å². The second-order valence-corrected chi connectivity index (χ2v) is 10.0. The lowest BCUT2D eigenvalue weighted by Crippen LogP contribution is -2.41. The molecule has 0 saturated carbocycles. The highest BCUT2D eigenvalue weighted by atomic mass is 19.1. The molecule has 0 radical (unpaired) electrons. The molecule has 2 aromatic heterocycles. The molecule has 3 atom stereocenters. The quantitative estimate of drug-likeness (QED) is 0.299. The number of halogens is 1. The number of ether oxygens (including phenoxy) is 1. The number of piperidine rings is 1. The summed E-state index contributed by atoms with van der Waals surface area (Å²) in [7, 11) is 1.60. The molecule has 0 amide bonds. The van der Waals surface area contributed by atoms with Crippen LogP contribution in [0.4, 0.5) is 4.39 Å². The van der Waals surface area contributed by atoms with Gasteiger partial charge >= 0.3 is 5.97 Å². The number of pyridine rings is 1. The minimum atomic E-state index is -1.10. The molecule has 3 aromatic rings. The average Bonchev–Trinajstić information content (AvgIpc) is 2.93. The lowest BCUT2D eigenvalue weighted by Gasteiger charge is -2.39. The topological polar surface area (TPSA) is 88.4 Å². The van der Waals surface area contributed by atoms with Gasteiger partial charge in [-0.2, -0.15) is 0 Å². The summed E-state index contributed by atoms with van der Waals surface area (Å²) in [5, 5.41) is 10.1. The molecule has 1 unspecified atom stereocenters. The number of hydrogen-bond acceptors (Lipinski definition) is 6. The summed E-state index contributed by atoms with van der Waals surface area (Å²) in [4.78, 5) is 26.6. The number of alkyl halides is 1. The molecule has 1 saturated heterocycles. The largest absolute Gasteiger partial charge is 0.497 e. The predicted molar refractivity (Wildman–Crippen MR) is 141 cm³/mol. The molecule has 8 heteroatoms. The monoisotopic (exact) mass is 508 g/mol. The van der Waals surface area contributed by atoms with Crippen LogP contribution < -0.4 is 4.74 Å². The summed E-state index contributed by atoms with van der Waals surface area (Å²) in [5.74, 6) is 0.523. The molecule has 0 aliphatic carbocycles. The summed E-state index contributed by atoms with van der Waals surface area (Å²) in [6.45, 7) is 2.86. The number of aryl methyl sites for hydroxylation is 1. The van der Waals surface area contributed by atoms with Gasteiger partial charge in [-0.05, 0) is 99.7 Å². The molecule has 7 nitrogen and oxygen atoms in total. The van der Waals surface area contributed by atoms with E-state index >= 15 is 4.39 Å². The molecule has 3 heterocycles. The van der Waals surface area contributed by atoms with Crippen LogP contribution in [0.15, 0.2) is 49.1 Å². The number of aliphatic carboxylic acids is 1. The molecule has 198 valence electrons. The lowest BCUT2D eigenvalue weighted by atomic mass is 9.79. The van der Waals surface area contributed by atoms with Crippen molar-refractivity contribution in [2.75, 3.05) is 26.7 Å². The van der Waals surface area contributed by atoms with E-state index in [9.17, 15) is 9.90 Å². The predicted octanol–water partition coefficient (Wildman–Crippen LogP) is 5.65. The first kappa shape index (κ1) is 26.9. The number of unbranched alkanes of at least 4 members (excludes halogenated alkanes) is 1. The van der Waals surface area contributed by atoms with E-state index in [2.05, 4.69) is 19.9 Å². The van der Waals surface area contributed by atoms with Crippen molar-refractivity contribution in [1.29, 1.82) is 0 Å². The molecule has 37 heavy (non-hydrogen) atoms. The SMILES string of the molecule is COc1ccc2nccc(C(F)CC[C@@H]3CCN(CCCCc4cnccn4)C[C@@H]3CCC(=O)O)c2c1. The van der Waals surface area contributed by atoms with Gasteiger partial charge in [-0.25, -0.2) is 4.39 Å². The maximum atomic E-state index is 15.5. The minimum Gasteiger partial charge on any atom is -0.497 e. The number of carboxylic acid groups (broad SMARTS) is 1. The second-order valence-electron chi connectivity index (χ2n) is 10.0. The number of nitrogens with zero attached hydrogens (tertiary/aromatic N) is 4. The number of methoxy groups -OCH3 is 1. The average molecular weight is 509 g/mol. The molecule has 1 aromatic carbocycles. The van der Waals surface area contributed by atoms with Crippen LogP contribution in [0.5, 0.6) is 5.75 Å². The molecule has 0 bridgehead atoms. The smallest absolute Gasteiger partial charge is 0.303 e. The first-order chi connectivity index (χ1) is 18.0. The third kappa shape index (κ3) is 7.68. The van der Waals surface area contributed by atoms with E-state index < -0.39 is 12.1 Å². The fourth-order valence-corrected chi connectivity index (χ4v) is 5.54. The summed E-state index contributed by atoms with van der Waals surface area (Å²) in [6, 6.07) is 7.30. The van der Waals surface area contributed by atoms with Gasteiger partial charge in [-0.3, -0.25) is 19.7 Å². The summed E-state index contributed by atoms with van der Waals surface area (Å²) in [5.41, 5.74) is 2.42. The van der Waals surface area contributed by atoms with Crippen LogP contribution in [0, 0.1) is 11.8 Å². The molecule has 0 spiro atoms. The Morgan fingerprint density at radius 2 is 2.05 bits per heavy atom. The van der Waals surface area contributed by atoms with E-state index in [0.29, 0.717) is 30.1 Å². The minimum absolute atomic E-state index is 0.162. The van der Waals surface area contributed by atoms with Gasteiger partial charge in [-0.1, -0.05) is 0 Å². The third-order valence-electron chi connectivity index (χ3n) is 7.59. The zero-order valence-corrected chi connectivity index (χ0v) is 21.6. The van der Waals surface area contributed by atoms with Crippen LogP contribution in [0.2, 0.25) is 0 Å². The van der Waals surface area contributed by atoms with Gasteiger partial charge in [0, 0.05) is 43.1 Å². The Labute approximate surface area is 218 Å². The molecule has 1 aliphatic heterocycles. The Morgan fingerprint density at radius 3 is 2.84 bits per heavy atom. The Kier molecular flexibility index (Phi) is 9.77. The molecular weight excluding hydrogens is 471 g/mol. The summed E-state index contributed by atoms with van der Waals surface area (Å²) < 4.78 is 20.9. The standard InChI is InChI=1S/C29H37FN4O3/c1-37-24-7-9-28-26(18-24)25(11-13-33-28)27(30)8-5-21-12-17-34(20-22(21)6-10-29(35)36)16-3-2-4-23-19-31-14-15-32-23/h7,9,11,13-15,18-19,21-22,27H,2-6,8,10,12,16-17,20H2,1H3,(H,35,36)/t21-,22+,27?/m1/s1. The number of likely N-dealkylation sites (tertiary alicyclic amines) is 1. The van der Waals surface area contributed by atoms with Crippen molar-refractivity contribution in [2.24, 2.45) is 11.8 Å². The first-order valence-electron chi connectivity index (χ1n) is 13.3. The highest BCUT2D eigenvalue weighted by Crippen LogP contribution is 2.36. The van der Waals surface area contributed by atoms with Crippen molar-refractivity contribution in [3.63, 3.8) is 0 Å². The van der Waals surface area contributed by atoms with E-state index in [0.717, 1.165) is 68.3 Å².